The number of hydrogen-bond acceptors (Lipinski definition) is 3. The molecule has 1 heterocycles. The summed E-state index contributed by atoms with van der Waals surface area (Å²) in [6.45, 7) is 2.99. The standard InChI is InChI=1S/C11H22N2O3S/c1-2-3-4-7-12-11(14)13-9-10-6-5-8-17(10,15)16/h10H,2-9H2,1H3,(H2,12,13,14)/t10-/m1/s1. The highest BCUT2D eigenvalue weighted by Gasteiger charge is 2.31. The molecule has 0 spiro atoms. The summed E-state index contributed by atoms with van der Waals surface area (Å²) >= 11 is 0. The molecule has 1 atom stereocenters. The quantitative estimate of drug-likeness (QED) is 0.703. The molecule has 1 rings (SSSR count). The van der Waals surface area contributed by atoms with Gasteiger partial charge in [-0.05, 0) is 19.3 Å². The van der Waals surface area contributed by atoms with Crippen LogP contribution in [0.15, 0.2) is 0 Å². The van der Waals surface area contributed by atoms with Gasteiger partial charge < -0.3 is 10.6 Å². The highest BCUT2D eigenvalue weighted by molar-refractivity contribution is 7.92. The van der Waals surface area contributed by atoms with Crippen molar-refractivity contribution in [3.05, 3.63) is 0 Å². The van der Waals surface area contributed by atoms with Gasteiger partial charge in [0.25, 0.3) is 0 Å². The van der Waals surface area contributed by atoms with Crippen LogP contribution in [0, 0.1) is 0 Å². The molecular weight excluding hydrogens is 240 g/mol. The number of hydrogen-bond donors (Lipinski definition) is 2. The maximum absolute atomic E-state index is 11.5. The van der Waals surface area contributed by atoms with Gasteiger partial charge in [0.1, 0.15) is 0 Å². The Labute approximate surface area is 103 Å². The lowest BCUT2D eigenvalue weighted by Crippen LogP contribution is -2.41. The van der Waals surface area contributed by atoms with Crippen molar-refractivity contribution in [1.29, 1.82) is 0 Å². The van der Waals surface area contributed by atoms with E-state index in [0.29, 0.717) is 19.4 Å². The van der Waals surface area contributed by atoms with Gasteiger partial charge in [0, 0.05) is 13.1 Å². The molecule has 2 amide bonds. The van der Waals surface area contributed by atoms with E-state index >= 15 is 0 Å². The van der Waals surface area contributed by atoms with Crippen LogP contribution in [-0.4, -0.2) is 38.5 Å². The molecule has 1 aliphatic heterocycles. The third kappa shape index (κ3) is 4.93. The lowest BCUT2D eigenvalue weighted by molar-refractivity contribution is 0.240. The van der Waals surface area contributed by atoms with Gasteiger partial charge in [-0.15, -0.1) is 0 Å². The van der Waals surface area contributed by atoms with Crippen LogP contribution < -0.4 is 10.6 Å². The predicted molar refractivity (Wildman–Crippen MR) is 67.7 cm³/mol. The normalized spacial score (nSPS) is 22.3. The molecule has 6 heteroatoms. The van der Waals surface area contributed by atoms with Crippen LogP contribution in [0.25, 0.3) is 0 Å². The van der Waals surface area contributed by atoms with Gasteiger partial charge in [-0.25, -0.2) is 13.2 Å². The number of sulfone groups is 1. The first-order valence-electron chi connectivity index (χ1n) is 6.29. The molecule has 0 unspecified atom stereocenters. The summed E-state index contributed by atoms with van der Waals surface area (Å²) in [6.07, 6.45) is 4.55. The van der Waals surface area contributed by atoms with E-state index in [0.717, 1.165) is 19.3 Å². The molecule has 0 aliphatic carbocycles. The van der Waals surface area contributed by atoms with Crippen molar-refractivity contribution in [1.82, 2.24) is 10.6 Å². The van der Waals surface area contributed by atoms with Crippen molar-refractivity contribution in [2.24, 2.45) is 0 Å². The van der Waals surface area contributed by atoms with Crippen molar-refractivity contribution in [3.63, 3.8) is 0 Å². The summed E-state index contributed by atoms with van der Waals surface area (Å²) in [6, 6.07) is -0.261. The Balaban J connectivity index is 2.15. The average molecular weight is 262 g/mol. The van der Waals surface area contributed by atoms with Crippen molar-refractivity contribution >= 4 is 15.9 Å². The van der Waals surface area contributed by atoms with Crippen LogP contribution in [-0.2, 0) is 9.84 Å². The number of nitrogens with one attached hydrogen (secondary N) is 2. The summed E-state index contributed by atoms with van der Waals surface area (Å²) in [5.74, 6) is 0.261. The second-order valence-electron chi connectivity index (χ2n) is 4.48. The van der Waals surface area contributed by atoms with Gasteiger partial charge in [-0.2, -0.15) is 0 Å². The highest BCUT2D eigenvalue weighted by atomic mass is 32.2. The number of amides is 2. The SMILES string of the molecule is CCCCCNC(=O)NC[C@H]1CCCS1(=O)=O. The molecule has 1 fully saturated rings. The molecule has 0 saturated carbocycles. The Hall–Kier alpha value is -0.780. The summed E-state index contributed by atoms with van der Waals surface area (Å²) in [4.78, 5) is 11.4. The van der Waals surface area contributed by atoms with Crippen molar-refractivity contribution in [2.45, 2.75) is 44.3 Å². The summed E-state index contributed by atoms with van der Waals surface area (Å²) in [5, 5.41) is 4.97. The highest BCUT2D eigenvalue weighted by Crippen LogP contribution is 2.18. The van der Waals surface area contributed by atoms with Gasteiger partial charge in [0.05, 0.1) is 11.0 Å². The van der Waals surface area contributed by atoms with Gasteiger partial charge in [0.15, 0.2) is 9.84 Å². The second kappa shape index (κ2) is 6.83. The zero-order chi connectivity index (χ0) is 12.7. The molecule has 2 N–H and O–H groups in total. The van der Waals surface area contributed by atoms with Crippen LogP contribution in [0.1, 0.15) is 39.0 Å². The number of carbonyl (C=O) groups excluding carboxylic acids is 1. The van der Waals surface area contributed by atoms with E-state index in [1.807, 2.05) is 0 Å². The van der Waals surface area contributed by atoms with Crippen molar-refractivity contribution < 1.29 is 13.2 Å². The first-order chi connectivity index (χ1) is 8.06. The monoisotopic (exact) mass is 262 g/mol. The predicted octanol–water partition coefficient (Wildman–Crippen LogP) is 1.05. The molecule has 5 nitrogen and oxygen atoms in total. The third-order valence-corrected chi connectivity index (χ3v) is 5.29. The van der Waals surface area contributed by atoms with Gasteiger partial charge >= 0.3 is 6.03 Å². The minimum Gasteiger partial charge on any atom is -0.338 e. The van der Waals surface area contributed by atoms with Crippen LogP contribution in [0.3, 0.4) is 0 Å². The Morgan fingerprint density at radius 2 is 2.06 bits per heavy atom. The minimum absolute atomic E-state index is 0.238. The lowest BCUT2D eigenvalue weighted by atomic mass is 10.2. The molecule has 100 valence electrons. The third-order valence-electron chi connectivity index (χ3n) is 3.02. The Morgan fingerprint density at radius 3 is 2.65 bits per heavy atom. The molecule has 0 aromatic carbocycles. The molecule has 1 saturated heterocycles. The maximum Gasteiger partial charge on any atom is 0.314 e. The number of rotatable bonds is 6. The van der Waals surface area contributed by atoms with E-state index in [2.05, 4.69) is 17.6 Å². The lowest BCUT2D eigenvalue weighted by Gasteiger charge is -2.11. The fourth-order valence-corrected chi connectivity index (χ4v) is 3.70. The van der Waals surface area contributed by atoms with Crippen LogP contribution in [0.5, 0.6) is 0 Å². The van der Waals surface area contributed by atoms with Crippen LogP contribution in [0.4, 0.5) is 4.79 Å². The zero-order valence-corrected chi connectivity index (χ0v) is 11.2. The molecule has 0 radical (unpaired) electrons. The fraction of sp³-hybridized carbons (Fsp3) is 0.909. The summed E-state index contributed by atoms with van der Waals surface area (Å²) in [7, 11) is -2.95. The maximum atomic E-state index is 11.5. The van der Waals surface area contributed by atoms with E-state index in [1.54, 1.807) is 0 Å². The number of carbonyl (C=O) groups is 1. The smallest absolute Gasteiger partial charge is 0.314 e. The minimum atomic E-state index is -2.95. The fourth-order valence-electron chi connectivity index (χ4n) is 1.93. The van der Waals surface area contributed by atoms with Crippen LogP contribution in [0.2, 0.25) is 0 Å². The molecule has 0 aromatic rings. The number of unbranched alkanes of at least 4 members (excludes halogenated alkanes) is 2. The Morgan fingerprint density at radius 1 is 1.29 bits per heavy atom. The van der Waals surface area contributed by atoms with E-state index in [1.165, 1.54) is 0 Å². The summed E-state index contributed by atoms with van der Waals surface area (Å²) < 4.78 is 23.0. The first-order valence-corrected chi connectivity index (χ1v) is 8.01. The van der Waals surface area contributed by atoms with E-state index in [-0.39, 0.29) is 23.6 Å². The molecule has 17 heavy (non-hydrogen) atoms. The molecular formula is C11H22N2O3S. The van der Waals surface area contributed by atoms with E-state index < -0.39 is 9.84 Å². The topological polar surface area (TPSA) is 75.3 Å². The van der Waals surface area contributed by atoms with Crippen LogP contribution >= 0.6 is 0 Å². The largest absolute Gasteiger partial charge is 0.338 e. The zero-order valence-electron chi connectivity index (χ0n) is 10.4. The summed E-state index contributed by atoms with van der Waals surface area (Å²) in [5.41, 5.74) is 0. The van der Waals surface area contributed by atoms with E-state index in [4.69, 9.17) is 0 Å². The molecule has 1 aliphatic rings. The number of urea groups is 1. The first kappa shape index (κ1) is 14.3. The van der Waals surface area contributed by atoms with Gasteiger partial charge in [-0.3, -0.25) is 0 Å². The van der Waals surface area contributed by atoms with Crippen molar-refractivity contribution in [3.8, 4) is 0 Å². The van der Waals surface area contributed by atoms with Gasteiger partial charge in [-0.1, -0.05) is 19.8 Å². The van der Waals surface area contributed by atoms with Gasteiger partial charge in [0.2, 0.25) is 0 Å². The Bertz CT molecular complexity index is 341. The van der Waals surface area contributed by atoms with E-state index in [9.17, 15) is 13.2 Å². The second-order valence-corrected chi connectivity index (χ2v) is 6.88. The molecule has 0 aromatic heterocycles. The average Bonchev–Trinajstić information content (AvgIpc) is 2.61. The molecule has 0 bridgehead atoms. The Kier molecular flexibility index (Phi) is 5.74. The van der Waals surface area contributed by atoms with Crippen molar-refractivity contribution in [2.75, 3.05) is 18.8 Å².